The van der Waals surface area contributed by atoms with Gasteiger partial charge in [-0.15, -0.1) is 0 Å². The molecule has 1 saturated heterocycles. The van der Waals surface area contributed by atoms with Gasteiger partial charge in [0.15, 0.2) is 10.8 Å². The number of pyridine rings is 1. The van der Waals surface area contributed by atoms with Crippen LogP contribution in [0, 0.1) is 6.92 Å². The van der Waals surface area contributed by atoms with Crippen molar-refractivity contribution in [2.75, 3.05) is 43.0 Å². The van der Waals surface area contributed by atoms with E-state index in [9.17, 15) is 19.5 Å². The molecule has 2 aliphatic heterocycles. The quantitative estimate of drug-likeness (QED) is 0.0850. The highest BCUT2D eigenvalue weighted by Gasteiger charge is 2.33. The molecule has 0 bridgehead atoms. The minimum absolute atomic E-state index is 0.0105. The minimum Gasteiger partial charge on any atom is -0.493 e. The van der Waals surface area contributed by atoms with Crippen molar-refractivity contribution in [1.29, 1.82) is 0 Å². The molecule has 12 nitrogen and oxygen atoms in total. The smallest absolute Gasteiger partial charge is 0.358 e. The van der Waals surface area contributed by atoms with Crippen molar-refractivity contribution in [2.45, 2.75) is 77.5 Å². The molecule has 3 aromatic carbocycles. The molecular weight excluding hydrogens is 743 g/mol. The number of aromatic nitrogens is 2. The molecule has 0 aliphatic carbocycles. The average Bonchev–Trinajstić information content (AvgIpc) is 3.59. The number of carbonyl (C=O) groups is 3. The summed E-state index contributed by atoms with van der Waals surface area (Å²) in [4.78, 5) is 52.1. The van der Waals surface area contributed by atoms with Gasteiger partial charge in [0, 0.05) is 37.3 Å². The van der Waals surface area contributed by atoms with Crippen LogP contribution in [0.25, 0.3) is 21.3 Å². The number of hydrogen-bond donors (Lipinski definition) is 3. The molecule has 7 rings (SSSR count). The third-order valence-corrected chi connectivity index (χ3v) is 11.5. The summed E-state index contributed by atoms with van der Waals surface area (Å²) in [6, 6.07) is 23.1. The van der Waals surface area contributed by atoms with Crippen LogP contribution in [0.1, 0.15) is 84.0 Å². The van der Waals surface area contributed by atoms with Gasteiger partial charge in [-0.25, -0.2) is 14.8 Å². The lowest BCUT2D eigenvalue weighted by molar-refractivity contribution is -0.139. The van der Waals surface area contributed by atoms with Crippen molar-refractivity contribution in [1.82, 2.24) is 14.9 Å². The zero-order valence-electron chi connectivity index (χ0n) is 32.8. The van der Waals surface area contributed by atoms with Crippen molar-refractivity contribution in [2.24, 2.45) is 0 Å². The summed E-state index contributed by atoms with van der Waals surface area (Å²) in [5, 5.41) is 23.7. The van der Waals surface area contributed by atoms with Crippen molar-refractivity contribution in [3.8, 4) is 16.9 Å². The van der Waals surface area contributed by atoms with Gasteiger partial charge < -0.3 is 24.6 Å². The summed E-state index contributed by atoms with van der Waals surface area (Å²) < 4.78 is 13.1. The number of carboxylic acid groups (broad SMARTS) is 1. The molecule has 298 valence electrons. The van der Waals surface area contributed by atoms with Crippen LogP contribution in [0.15, 0.2) is 72.8 Å². The summed E-state index contributed by atoms with van der Waals surface area (Å²) in [7, 11) is 0. The molecule has 2 aliphatic rings. The second-order valence-electron chi connectivity index (χ2n) is 15.9. The maximum Gasteiger partial charge on any atom is 0.358 e. The molecule has 4 heterocycles. The fourth-order valence-electron chi connectivity index (χ4n) is 7.62. The Bertz CT molecular complexity index is 2260. The van der Waals surface area contributed by atoms with E-state index >= 15 is 0 Å². The van der Waals surface area contributed by atoms with Gasteiger partial charge in [-0.1, -0.05) is 47.7 Å². The minimum atomic E-state index is -0.858. The monoisotopic (exact) mass is 791 g/mol. The SMILES string of the molecule is Cc1c(OCCCC2(O)CCN(CC(=O)O)CC2)cccc1-c1ccc(N2CCc3cccc(C(=O)Nc4nc5ccccc5s4)c3C2)nc1C(=O)OC(C)(C)C. The number of aliphatic hydroxyl groups is 1. The van der Waals surface area contributed by atoms with Gasteiger partial charge in [0.1, 0.15) is 17.2 Å². The first kappa shape index (κ1) is 39.8. The zero-order chi connectivity index (χ0) is 40.3. The maximum atomic E-state index is 13.9. The van der Waals surface area contributed by atoms with Crippen LogP contribution in [0.5, 0.6) is 5.75 Å². The molecule has 0 spiro atoms. The zero-order valence-corrected chi connectivity index (χ0v) is 33.7. The molecule has 2 aromatic heterocycles. The Morgan fingerprint density at radius 3 is 2.46 bits per heavy atom. The van der Waals surface area contributed by atoms with Crippen LogP contribution in [-0.2, 0) is 22.5 Å². The van der Waals surface area contributed by atoms with E-state index in [4.69, 9.17) is 19.6 Å². The molecule has 5 aromatic rings. The predicted molar refractivity (Wildman–Crippen MR) is 221 cm³/mol. The Morgan fingerprint density at radius 1 is 0.930 bits per heavy atom. The van der Waals surface area contributed by atoms with Crippen molar-refractivity contribution < 1.29 is 34.1 Å². The molecule has 1 amide bonds. The standard InChI is InChI=1S/C44H49N5O7S/c1-28-30(11-8-14-35(28)55-25-9-19-44(54)20-23-48(24-21-44)27-38(50)51)31-16-17-37(46-39(31)41(53)56-43(2,3)4)49-22-18-29-10-7-12-32(33(29)26-49)40(52)47-42-45-34-13-5-6-15-36(34)57-42/h5-8,10-17,54H,9,18-27H2,1-4H3,(H,50,51)(H,45,47,52). The van der Waals surface area contributed by atoms with Gasteiger partial charge in [-0.3, -0.25) is 19.8 Å². The van der Waals surface area contributed by atoms with Gasteiger partial charge in [-0.2, -0.15) is 0 Å². The molecular formula is C44H49N5O7S. The second-order valence-corrected chi connectivity index (χ2v) is 16.9. The van der Waals surface area contributed by atoms with Gasteiger partial charge in [-0.05, 0) is 118 Å². The number of hydrogen-bond acceptors (Lipinski definition) is 11. The van der Waals surface area contributed by atoms with E-state index < -0.39 is 23.1 Å². The van der Waals surface area contributed by atoms with Crippen LogP contribution in [0.3, 0.4) is 0 Å². The largest absolute Gasteiger partial charge is 0.493 e. The van der Waals surface area contributed by atoms with Crippen LogP contribution >= 0.6 is 11.3 Å². The van der Waals surface area contributed by atoms with Crippen molar-refractivity contribution in [3.05, 3.63) is 101 Å². The summed E-state index contributed by atoms with van der Waals surface area (Å²) in [6.07, 6.45) is 2.93. The Morgan fingerprint density at radius 2 is 1.70 bits per heavy atom. The van der Waals surface area contributed by atoms with E-state index in [0.29, 0.717) is 92.7 Å². The number of amides is 1. The first-order chi connectivity index (χ1) is 27.2. The molecule has 0 atom stereocenters. The first-order valence-electron chi connectivity index (χ1n) is 19.4. The molecule has 1 fully saturated rings. The van der Waals surface area contributed by atoms with Gasteiger partial charge in [0.25, 0.3) is 5.91 Å². The van der Waals surface area contributed by atoms with E-state index in [-0.39, 0.29) is 18.1 Å². The second kappa shape index (κ2) is 16.6. The molecule has 0 radical (unpaired) electrons. The van der Waals surface area contributed by atoms with Crippen LogP contribution in [-0.4, -0.2) is 86.9 Å². The van der Waals surface area contributed by atoms with Gasteiger partial charge >= 0.3 is 11.9 Å². The normalized spacial score (nSPS) is 15.6. The van der Waals surface area contributed by atoms with Crippen LogP contribution in [0.4, 0.5) is 10.9 Å². The van der Waals surface area contributed by atoms with E-state index in [0.717, 1.165) is 32.5 Å². The van der Waals surface area contributed by atoms with Crippen molar-refractivity contribution in [3.63, 3.8) is 0 Å². The third-order valence-electron chi connectivity index (χ3n) is 10.6. The number of fused-ring (bicyclic) bond motifs is 2. The highest BCUT2D eigenvalue weighted by molar-refractivity contribution is 7.22. The Hall–Kier alpha value is -5.37. The summed E-state index contributed by atoms with van der Waals surface area (Å²) in [6.45, 7) is 9.98. The van der Waals surface area contributed by atoms with Gasteiger partial charge in [0.2, 0.25) is 0 Å². The van der Waals surface area contributed by atoms with E-state index in [1.807, 2.05) is 99.3 Å². The van der Waals surface area contributed by atoms with Gasteiger partial charge in [0.05, 0.1) is 29.0 Å². The number of nitrogens with one attached hydrogen (secondary N) is 1. The molecule has 0 unspecified atom stereocenters. The number of rotatable bonds is 12. The number of para-hydroxylation sites is 1. The number of carboxylic acids is 1. The highest BCUT2D eigenvalue weighted by atomic mass is 32.1. The maximum absolute atomic E-state index is 13.9. The number of likely N-dealkylation sites (tertiary alicyclic amines) is 1. The first-order valence-corrected chi connectivity index (χ1v) is 20.2. The number of aliphatic carboxylic acids is 1. The number of carbonyl (C=O) groups excluding carboxylic acids is 2. The summed E-state index contributed by atoms with van der Waals surface area (Å²) in [5.41, 5.74) is 4.25. The molecule has 13 heteroatoms. The van der Waals surface area contributed by atoms with E-state index in [1.165, 1.54) is 11.3 Å². The predicted octanol–water partition coefficient (Wildman–Crippen LogP) is 7.51. The molecule has 3 N–H and O–H groups in total. The summed E-state index contributed by atoms with van der Waals surface area (Å²) in [5.74, 6) is -0.357. The lowest BCUT2D eigenvalue weighted by Gasteiger charge is -2.37. The topological polar surface area (TPSA) is 154 Å². The average molecular weight is 792 g/mol. The van der Waals surface area contributed by atoms with Crippen LogP contribution in [0.2, 0.25) is 0 Å². The van der Waals surface area contributed by atoms with Crippen LogP contribution < -0.4 is 15.0 Å². The van der Waals surface area contributed by atoms with E-state index in [1.54, 1.807) is 0 Å². The van der Waals surface area contributed by atoms with E-state index in [2.05, 4.69) is 21.3 Å². The Kier molecular flexibility index (Phi) is 11.6. The van der Waals surface area contributed by atoms with Crippen molar-refractivity contribution >= 4 is 50.3 Å². The number of piperidine rings is 1. The fraction of sp³-hybridized carbons (Fsp3) is 0.386. The molecule has 0 saturated carbocycles. The number of benzene rings is 3. The number of ether oxygens (including phenoxy) is 2. The fourth-order valence-corrected chi connectivity index (χ4v) is 8.48. The Balaban J connectivity index is 1.09. The Labute approximate surface area is 336 Å². The number of nitrogens with zero attached hydrogens (tertiary/aromatic N) is 4. The number of esters is 1. The lowest BCUT2D eigenvalue weighted by atomic mass is 9.87. The third kappa shape index (κ3) is 9.44. The number of thiazole rings is 1. The molecule has 57 heavy (non-hydrogen) atoms. The lowest BCUT2D eigenvalue weighted by Crippen LogP contribution is -2.46. The summed E-state index contributed by atoms with van der Waals surface area (Å²) >= 11 is 1.44. The number of anilines is 2. The highest BCUT2D eigenvalue weighted by Crippen LogP contribution is 2.36.